The van der Waals surface area contributed by atoms with Crippen LogP contribution < -0.4 is 0 Å². The van der Waals surface area contributed by atoms with Crippen LogP contribution in [-0.2, 0) is 9.53 Å². The molecule has 0 aliphatic carbocycles. The van der Waals surface area contributed by atoms with Gasteiger partial charge in [-0.05, 0) is 13.8 Å². The summed E-state index contributed by atoms with van der Waals surface area (Å²) < 4.78 is 4.62. The molecule has 0 aromatic heterocycles. The molecule has 56 valence electrons. The molecular weight excluding hydrogens is 132 g/mol. The number of carbonyl (C=O) groups excluding carboxylic acids is 1. The summed E-state index contributed by atoms with van der Waals surface area (Å²) in [6.07, 6.45) is 0. The zero-order chi connectivity index (χ0) is 7.94. The third kappa shape index (κ3) is 0.827. The summed E-state index contributed by atoms with van der Waals surface area (Å²) in [5.41, 5.74) is 1.10. The second kappa shape index (κ2) is 1.83. The SMILES string of the molecule is CC1=C(C)[C@@](C)(O)OC1=O. The Kier molecular flexibility index (Phi) is 1.33. The number of esters is 1. The molecule has 0 unspecified atom stereocenters. The molecule has 1 aliphatic heterocycles. The number of carbonyl (C=O) groups is 1. The minimum Gasteiger partial charge on any atom is -0.426 e. The summed E-state index contributed by atoms with van der Waals surface area (Å²) in [5, 5.41) is 9.30. The van der Waals surface area contributed by atoms with Crippen LogP contribution in [0.3, 0.4) is 0 Å². The molecule has 1 heterocycles. The van der Waals surface area contributed by atoms with E-state index in [0.29, 0.717) is 11.1 Å². The molecule has 0 bridgehead atoms. The first-order chi connectivity index (χ1) is 4.45. The van der Waals surface area contributed by atoms with E-state index < -0.39 is 11.8 Å². The van der Waals surface area contributed by atoms with Gasteiger partial charge in [0.15, 0.2) is 0 Å². The van der Waals surface area contributed by atoms with Crippen molar-refractivity contribution in [3.05, 3.63) is 11.1 Å². The molecule has 0 fully saturated rings. The van der Waals surface area contributed by atoms with Gasteiger partial charge in [-0.2, -0.15) is 0 Å². The third-order valence-corrected chi connectivity index (χ3v) is 1.86. The minimum absolute atomic E-state index is 0.428. The molecule has 1 N–H and O–H groups in total. The van der Waals surface area contributed by atoms with Gasteiger partial charge in [-0.1, -0.05) is 0 Å². The van der Waals surface area contributed by atoms with Crippen molar-refractivity contribution in [1.29, 1.82) is 0 Å². The predicted octanol–water partition coefficient (Wildman–Crippen LogP) is 0.588. The monoisotopic (exact) mass is 142 g/mol. The Morgan fingerprint density at radius 2 is 2.00 bits per heavy atom. The fourth-order valence-corrected chi connectivity index (χ4v) is 0.835. The smallest absolute Gasteiger partial charge is 0.336 e. The maximum Gasteiger partial charge on any atom is 0.336 e. The van der Waals surface area contributed by atoms with Gasteiger partial charge in [-0.25, -0.2) is 4.79 Å². The Hall–Kier alpha value is -0.830. The Labute approximate surface area is 59.3 Å². The lowest BCUT2D eigenvalue weighted by molar-refractivity contribution is -0.175. The van der Waals surface area contributed by atoms with E-state index in [1.54, 1.807) is 13.8 Å². The molecule has 0 saturated carbocycles. The van der Waals surface area contributed by atoms with Crippen LogP contribution in [0.5, 0.6) is 0 Å². The largest absolute Gasteiger partial charge is 0.426 e. The molecule has 0 amide bonds. The molecule has 0 radical (unpaired) electrons. The van der Waals surface area contributed by atoms with Gasteiger partial charge in [0.25, 0.3) is 0 Å². The molecular formula is C7H10O3. The first-order valence-electron chi connectivity index (χ1n) is 3.09. The summed E-state index contributed by atoms with van der Waals surface area (Å²) in [4.78, 5) is 10.8. The highest BCUT2D eigenvalue weighted by molar-refractivity contribution is 5.91. The van der Waals surface area contributed by atoms with Crippen molar-refractivity contribution in [1.82, 2.24) is 0 Å². The molecule has 10 heavy (non-hydrogen) atoms. The van der Waals surface area contributed by atoms with Crippen molar-refractivity contribution in [3.8, 4) is 0 Å². The number of rotatable bonds is 0. The van der Waals surface area contributed by atoms with Gasteiger partial charge < -0.3 is 9.84 Å². The molecule has 0 spiro atoms. The number of cyclic esters (lactones) is 1. The van der Waals surface area contributed by atoms with Crippen molar-refractivity contribution < 1.29 is 14.6 Å². The average Bonchev–Trinajstić information content (AvgIpc) is 1.95. The molecule has 1 rings (SSSR count). The molecule has 3 nitrogen and oxygen atoms in total. The number of hydrogen-bond acceptors (Lipinski definition) is 3. The van der Waals surface area contributed by atoms with E-state index >= 15 is 0 Å². The van der Waals surface area contributed by atoms with Crippen LogP contribution in [0, 0.1) is 0 Å². The van der Waals surface area contributed by atoms with Gasteiger partial charge in [0.1, 0.15) is 0 Å². The first kappa shape index (κ1) is 7.28. The van der Waals surface area contributed by atoms with Crippen molar-refractivity contribution in [2.24, 2.45) is 0 Å². The van der Waals surface area contributed by atoms with Crippen LogP contribution in [0.1, 0.15) is 20.8 Å². The Balaban J connectivity index is 3.06. The molecule has 0 aromatic rings. The zero-order valence-corrected chi connectivity index (χ0v) is 6.26. The van der Waals surface area contributed by atoms with Gasteiger partial charge >= 0.3 is 5.97 Å². The summed E-state index contributed by atoms with van der Waals surface area (Å²) in [7, 11) is 0. The Morgan fingerprint density at radius 1 is 1.50 bits per heavy atom. The topological polar surface area (TPSA) is 46.5 Å². The van der Waals surface area contributed by atoms with E-state index in [4.69, 9.17) is 0 Å². The Morgan fingerprint density at radius 3 is 2.10 bits per heavy atom. The van der Waals surface area contributed by atoms with E-state index in [1.807, 2.05) is 0 Å². The van der Waals surface area contributed by atoms with E-state index in [0.717, 1.165) is 0 Å². The van der Waals surface area contributed by atoms with Gasteiger partial charge in [0.05, 0.1) is 0 Å². The predicted molar refractivity (Wildman–Crippen MR) is 35.1 cm³/mol. The van der Waals surface area contributed by atoms with Gasteiger partial charge in [0.2, 0.25) is 5.79 Å². The van der Waals surface area contributed by atoms with Crippen LogP contribution in [0.25, 0.3) is 0 Å². The number of ether oxygens (including phenoxy) is 1. The van der Waals surface area contributed by atoms with Crippen LogP contribution in [0.2, 0.25) is 0 Å². The van der Waals surface area contributed by atoms with Crippen molar-refractivity contribution in [2.75, 3.05) is 0 Å². The van der Waals surface area contributed by atoms with E-state index in [-0.39, 0.29) is 0 Å². The first-order valence-corrected chi connectivity index (χ1v) is 3.09. The fourth-order valence-electron chi connectivity index (χ4n) is 0.835. The number of aliphatic hydroxyl groups is 1. The lowest BCUT2D eigenvalue weighted by Crippen LogP contribution is -2.25. The minimum atomic E-state index is -1.37. The highest BCUT2D eigenvalue weighted by Crippen LogP contribution is 2.28. The fraction of sp³-hybridized carbons (Fsp3) is 0.571. The maximum atomic E-state index is 10.8. The molecule has 1 aliphatic rings. The summed E-state index contributed by atoms with van der Waals surface area (Å²) in [5.74, 6) is -1.80. The van der Waals surface area contributed by atoms with Crippen LogP contribution in [0.15, 0.2) is 11.1 Å². The number of hydrogen-bond donors (Lipinski definition) is 1. The lowest BCUT2D eigenvalue weighted by atomic mass is 10.1. The second-order valence-corrected chi connectivity index (χ2v) is 2.62. The molecule has 1 atom stereocenters. The maximum absolute atomic E-state index is 10.8. The Bertz CT molecular complexity index is 213. The highest BCUT2D eigenvalue weighted by Gasteiger charge is 2.37. The van der Waals surface area contributed by atoms with Crippen LogP contribution in [-0.4, -0.2) is 16.9 Å². The van der Waals surface area contributed by atoms with Crippen molar-refractivity contribution in [3.63, 3.8) is 0 Å². The van der Waals surface area contributed by atoms with E-state index in [1.165, 1.54) is 6.92 Å². The van der Waals surface area contributed by atoms with Gasteiger partial charge in [-0.3, -0.25) is 0 Å². The van der Waals surface area contributed by atoms with Crippen LogP contribution >= 0.6 is 0 Å². The third-order valence-electron chi connectivity index (χ3n) is 1.86. The molecule has 0 aromatic carbocycles. The summed E-state index contributed by atoms with van der Waals surface area (Å²) in [6.45, 7) is 4.77. The standard InChI is InChI=1S/C7H10O3/c1-4-5(2)7(3,9)10-6(4)8/h9H,1-3H3/t7-/m0/s1. The van der Waals surface area contributed by atoms with Gasteiger partial charge in [-0.15, -0.1) is 0 Å². The van der Waals surface area contributed by atoms with Crippen molar-refractivity contribution in [2.45, 2.75) is 26.6 Å². The molecule has 0 saturated heterocycles. The molecule has 3 heteroatoms. The van der Waals surface area contributed by atoms with Crippen LogP contribution in [0.4, 0.5) is 0 Å². The highest BCUT2D eigenvalue weighted by atomic mass is 16.7. The van der Waals surface area contributed by atoms with E-state index in [9.17, 15) is 9.90 Å². The quantitative estimate of drug-likeness (QED) is 0.503. The lowest BCUT2D eigenvalue weighted by Gasteiger charge is -2.16. The average molecular weight is 142 g/mol. The zero-order valence-electron chi connectivity index (χ0n) is 6.26. The van der Waals surface area contributed by atoms with Crippen molar-refractivity contribution >= 4 is 5.97 Å². The van der Waals surface area contributed by atoms with Gasteiger partial charge in [0, 0.05) is 18.1 Å². The summed E-state index contributed by atoms with van der Waals surface area (Å²) >= 11 is 0. The summed E-state index contributed by atoms with van der Waals surface area (Å²) in [6, 6.07) is 0. The normalized spacial score (nSPS) is 33.0. The second-order valence-electron chi connectivity index (χ2n) is 2.62. The van der Waals surface area contributed by atoms with E-state index in [2.05, 4.69) is 4.74 Å².